The maximum Gasteiger partial charge on any atom is 0.343 e. The number of ether oxygens (including phenoxy) is 2. The molecule has 2 aromatic carbocycles. The first-order chi connectivity index (χ1) is 10.0. The second kappa shape index (κ2) is 6.71. The predicted octanol–water partition coefficient (Wildman–Crippen LogP) is 3.61. The zero-order valence-corrected chi connectivity index (χ0v) is 13.7. The third-order valence-electron chi connectivity index (χ3n) is 2.84. The number of benzene rings is 2. The first-order valence-electron chi connectivity index (χ1n) is 6.18. The fourth-order valence-electron chi connectivity index (χ4n) is 1.71. The van der Waals surface area contributed by atoms with Crippen molar-refractivity contribution in [2.24, 2.45) is 0 Å². The Hall–Kier alpha value is -1.89. The lowest BCUT2D eigenvalue weighted by molar-refractivity contribution is 0.0593. The Bertz CT molecular complexity index is 677. The molecule has 4 nitrogen and oxygen atoms in total. The van der Waals surface area contributed by atoms with Gasteiger partial charge in [-0.15, -0.1) is 0 Å². The molecule has 0 fully saturated rings. The third kappa shape index (κ3) is 3.81. The number of carbonyl (C=O) groups excluding carboxylic acids is 2. The molecular weight excluding hydrogens is 383 g/mol. The lowest BCUT2D eigenvalue weighted by atomic mass is 10.1. The first kappa shape index (κ1) is 15.5. The van der Waals surface area contributed by atoms with E-state index in [-0.39, 0.29) is 11.3 Å². The van der Waals surface area contributed by atoms with Crippen LogP contribution in [0.2, 0.25) is 0 Å². The van der Waals surface area contributed by atoms with E-state index in [0.29, 0.717) is 5.56 Å². The first-order valence-corrected chi connectivity index (χ1v) is 7.26. The van der Waals surface area contributed by atoms with Gasteiger partial charge in [0.1, 0.15) is 11.3 Å². The highest BCUT2D eigenvalue weighted by atomic mass is 127. The van der Waals surface area contributed by atoms with E-state index in [4.69, 9.17) is 9.47 Å². The molecule has 108 valence electrons. The SMILES string of the molecule is COC(=O)c1cc(I)ccc1OC(=O)c1ccc(C)cc1. The zero-order chi connectivity index (χ0) is 15.4. The third-order valence-corrected chi connectivity index (χ3v) is 3.51. The van der Waals surface area contributed by atoms with Crippen LogP contribution in [0.25, 0.3) is 0 Å². The molecular formula is C16H13IO4. The van der Waals surface area contributed by atoms with Crippen LogP contribution in [0.5, 0.6) is 5.75 Å². The maximum absolute atomic E-state index is 12.1. The number of carbonyl (C=O) groups is 2. The molecule has 5 heteroatoms. The van der Waals surface area contributed by atoms with Gasteiger partial charge in [0.25, 0.3) is 0 Å². The van der Waals surface area contributed by atoms with E-state index >= 15 is 0 Å². The lowest BCUT2D eigenvalue weighted by Crippen LogP contribution is -2.12. The van der Waals surface area contributed by atoms with E-state index in [9.17, 15) is 9.59 Å². The number of halogens is 1. The number of esters is 2. The molecule has 0 aliphatic heterocycles. The highest BCUT2D eigenvalue weighted by Gasteiger charge is 2.17. The van der Waals surface area contributed by atoms with Gasteiger partial charge in [-0.05, 0) is 59.8 Å². The topological polar surface area (TPSA) is 52.6 Å². The van der Waals surface area contributed by atoms with Crippen molar-refractivity contribution >= 4 is 34.5 Å². The molecule has 0 atom stereocenters. The largest absolute Gasteiger partial charge is 0.465 e. The van der Waals surface area contributed by atoms with Crippen LogP contribution in [0.1, 0.15) is 26.3 Å². The maximum atomic E-state index is 12.1. The van der Waals surface area contributed by atoms with Crippen LogP contribution in [-0.4, -0.2) is 19.0 Å². The number of hydrogen-bond donors (Lipinski definition) is 0. The van der Waals surface area contributed by atoms with Gasteiger partial charge < -0.3 is 9.47 Å². The van der Waals surface area contributed by atoms with Crippen LogP contribution in [0.3, 0.4) is 0 Å². The molecule has 0 N–H and O–H groups in total. The molecule has 2 rings (SSSR count). The minimum Gasteiger partial charge on any atom is -0.465 e. The van der Waals surface area contributed by atoms with Crippen molar-refractivity contribution in [2.45, 2.75) is 6.92 Å². The van der Waals surface area contributed by atoms with Crippen molar-refractivity contribution in [3.8, 4) is 5.75 Å². The van der Waals surface area contributed by atoms with Crippen molar-refractivity contribution in [1.29, 1.82) is 0 Å². The molecule has 2 aromatic rings. The van der Waals surface area contributed by atoms with Crippen molar-refractivity contribution in [1.82, 2.24) is 0 Å². The molecule has 0 aromatic heterocycles. The second-order valence-corrected chi connectivity index (χ2v) is 5.63. The molecule has 0 spiro atoms. The van der Waals surface area contributed by atoms with E-state index in [1.54, 1.807) is 30.3 Å². The van der Waals surface area contributed by atoms with Gasteiger partial charge in [0.05, 0.1) is 12.7 Å². The van der Waals surface area contributed by atoms with Gasteiger partial charge in [0.15, 0.2) is 0 Å². The molecule has 0 aliphatic rings. The smallest absolute Gasteiger partial charge is 0.343 e. The molecule has 21 heavy (non-hydrogen) atoms. The van der Waals surface area contributed by atoms with E-state index in [0.717, 1.165) is 9.13 Å². The van der Waals surface area contributed by atoms with Crippen LogP contribution in [0.4, 0.5) is 0 Å². The summed E-state index contributed by atoms with van der Waals surface area (Å²) in [5.74, 6) is -0.866. The summed E-state index contributed by atoms with van der Waals surface area (Å²) in [6, 6.07) is 12.0. The number of hydrogen-bond acceptors (Lipinski definition) is 4. The van der Waals surface area contributed by atoms with Crippen molar-refractivity contribution in [3.63, 3.8) is 0 Å². The molecule has 0 saturated heterocycles. The van der Waals surface area contributed by atoms with Crippen LogP contribution < -0.4 is 4.74 Å². The Labute approximate surface area is 136 Å². The summed E-state index contributed by atoms with van der Waals surface area (Å²) in [6.45, 7) is 1.93. The Kier molecular flexibility index (Phi) is 4.95. The van der Waals surface area contributed by atoms with Crippen LogP contribution >= 0.6 is 22.6 Å². The second-order valence-electron chi connectivity index (χ2n) is 4.39. The van der Waals surface area contributed by atoms with Gasteiger partial charge in [-0.25, -0.2) is 9.59 Å². The Morgan fingerprint density at radius 1 is 1.00 bits per heavy atom. The molecule has 0 unspecified atom stereocenters. The van der Waals surface area contributed by atoms with Crippen molar-refractivity contribution in [3.05, 3.63) is 62.7 Å². The summed E-state index contributed by atoms with van der Waals surface area (Å²) < 4.78 is 10.9. The fraction of sp³-hybridized carbons (Fsp3) is 0.125. The minimum atomic E-state index is -0.541. The number of methoxy groups -OCH3 is 1. The molecule has 0 radical (unpaired) electrons. The Morgan fingerprint density at radius 3 is 2.29 bits per heavy atom. The summed E-state index contributed by atoms with van der Waals surface area (Å²) in [7, 11) is 1.29. The molecule has 0 aliphatic carbocycles. The highest BCUT2D eigenvalue weighted by molar-refractivity contribution is 14.1. The fourth-order valence-corrected chi connectivity index (χ4v) is 2.20. The Balaban J connectivity index is 2.28. The number of rotatable bonds is 3. The normalized spacial score (nSPS) is 10.0. The van der Waals surface area contributed by atoms with Gasteiger partial charge in [-0.1, -0.05) is 17.7 Å². The minimum absolute atomic E-state index is 0.188. The van der Waals surface area contributed by atoms with Gasteiger partial charge in [-0.2, -0.15) is 0 Å². The summed E-state index contributed by atoms with van der Waals surface area (Å²) in [6.07, 6.45) is 0. The van der Waals surface area contributed by atoms with Crippen molar-refractivity contribution < 1.29 is 19.1 Å². The summed E-state index contributed by atoms with van der Waals surface area (Å²) in [4.78, 5) is 23.8. The zero-order valence-electron chi connectivity index (χ0n) is 11.6. The van der Waals surface area contributed by atoms with E-state index in [1.165, 1.54) is 7.11 Å². The van der Waals surface area contributed by atoms with E-state index < -0.39 is 11.9 Å². The van der Waals surface area contributed by atoms with Gasteiger partial charge in [0.2, 0.25) is 0 Å². The molecule has 0 heterocycles. The van der Waals surface area contributed by atoms with E-state index in [2.05, 4.69) is 22.6 Å². The average Bonchev–Trinajstić information content (AvgIpc) is 2.48. The summed E-state index contributed by atoms with van der Waals surface area (Å²) >= 11 is 2.07. The van der Waals surface area contributed by atoms with Crippen molar-refractivity contribution in [2.75, 3.05) is 7.11 Å². The van der Waals surface area contributed by atoms with Crippen LogP contribution in [0.15, 0.2) is 42.5 Å². The highest BCUT2D eigenvalue weighted by Crippen LogP contribution is 2.23. The lowest BCUT2D eigenvalue weighted by Gasteiger charge is -2.09. The van der Waals surface area contributed by atoms with Gasteiger partial charge >= 0.3 is 11.9 Å². The van der Waals surface area contributed by atoms with Gasteiger partial charge in [-0.3, -0.25) is 0 Å². The average molecular weight is 396 g/mol. The van der Waals surface area contributed by atoms with Crippen LogP contribution in [-0.2, 0) is 4.74 Å². The quantitative estimate of drug-likeness (QED) is 0.452. The monoisotopic (exact) mass is 396 g/mol. The molecule has 0 bridgehead atoms. The summed E-state index contributed by atoms with van der Waals surface area (Å²) in [5.41, 5.74) is 1.70. The molecule has 0 amide bonds. The predicted molar refractivity (Wildman–Crippen MR) is 86.6 cm³/mol. The van der Waals surface area contributed by atoms with Gasteiger partial charge in [0, 0.05) is 3.57 Å². The summed E-state index contributed by atoms with van der Waals surface area (Å²) in [5, 5.41) is 0. The van der Waals surface area contributed by atoms with Crippen LogP contribution in [0, 0.1) is 10.5 Å². The Morgan fingerprint density at radius 2 is 1.67 bits per heavy atom. The number of aryl methyl sites for hydroxylation is 1. The standard InChI is InChI=1S/C16H13IO4/c1-10-3-5-11(6-4-10)15(18)21-14-8-7-12(17)9-13(14)16(19)20-2/h3-9H,1-2H3. The molecule has 0 saturated carbocycles. The van der Waals surface area contributed by atoms with E-state index in [1.807, 2.05) is 19.1 Å².